The number of amides is 3. The molecule has 2 aliphatic heterocycles. The highest BCUT2D eigenvalue weighted by Crippen LogP contribution is 2.35. The molecule has 0 radical (unpaired) electrons. The quantitative estimate of drug-likeness (QED) is 0.765. The molecule has 2 aromatic carbocycles. The third-order valence-corrected chi connectivity index (χ3v) is 5.99. The summed E-state index contributed by atoms with van der Waals surface area (Å²) in [5.41, 5.74) is 2.99. The van der Waals surface area contributed by atoms with E-state index < -0.39 is 5.92 Å². The summed E-state index contributed by atoms with van der Waals surface area (Å²) in [6.45, 7) is 2.89. The van der Waals surface area contributed by atoms with Crippen LogP contribution in [-0.4, -0.2) is 37.9 Å². The van der Waals surface area contributed by atoms with Gasteiger partial charge in [-0.15, -0.1) is 0 Å². The van der Waals surface area contributed by atoms with Crippen LogP contribution in [0.4, 0.5) is 17.1 Å². The molecule has 2 aliphatic rings. The van der Waals surface area contributed by atoms with E-state index in [0.29, 0.717) is 28.6 Å². The van der Waals surface area contributed by atoms with Gasteiger partial charge in [0.2, 0.25) is 17.7 Å². The molecule has 3 amide bonds. The first kappa shape index (κ1) is 21.2. The molecule has 2 saturated heterocycles. The van der Waals surface area contributed by atoms with E-state index in [4.69, 9.17) is 16.3 Å². The summed E-state index contributed by atoms with van der Waals surface area (Å²) >= 11 is 6.09. The molecule has 31 heavy (non-hydrogen) atoms. The van der Waals surface area contributed by atoms with Crippen molar-refractivity contribution in [3.63, 3.8) is 0 Å². The molecule has 2 aromatic rings. The van der Waals surface area contributed by atoms with Crippen LogP contribution in [0.5, 0.6) is 5.75 Å². The van der Waals surface area contributed by atoms with E-state index in [1.54, 1.807) is 34.1 Å². The molecule has 8 heteroatoms. The van der Waals surface area contributed by atoms with Crippen molar-refractivity contribution < 1.29 is 19.1 Å². The second-order valence-electron chi connectivity index (χ2n) is 7.86. The monoisotopic (exact) mass is 441 g/mol. The first-order valence-electron chi connectivity index (χ1n) is 10.2. The number of nitrogens with zero attached hydrogens (tertiary/aromatic N) is 2. The van der Waals surface area contributed by atoms with Gasteiger partial charge in [0.15, 0.2) is 0 Å². The Morgan fingerprint density at radius 1 is 1.10 bits per heavy atom. The third kappa shape index (κ3) is 4.23. The van der Waals surface area contributed by atoms with E-state index in [-0.39, 0.29) is 30.7 Å². The SMILES string of the molecule is COc1ccc(Cl)cc1N1C[C@H](C(=O)Nc2ccc(N3CCCC3=O)c(C)c2)CC1=O. The number of methoxy groups -OCH3 is 1. The lowest BCUT2D eigenvalue weighted by Crippen LogP contribution is -2.28. The lowest BCUT2D eigenvalue weighted by molar-refractivity contribution is -0.122. The van der Waals surface area contributed by atoms with E-state index >= 15 is 0 Å². The van der Waals surface area contributed by atoms with Crippen LogP contribution in [0.2, 0.25) is 5.02 Å². The van der Waals surface area contributed by atoms with Gasteiger partial charge in [0.05, 0.1) is 18.7 Å². The Kier molecular flexibility index (Phi) is 5.87. The maximum atomic E-state index is 12.9. The predicted octanol–water partition coefficient (Wildman–Crippen LogP) is 3.78. The molecule has 0 bridgehead atoms. The zero-order valence-corrected chi connectivity index (χ0v) is 18.2. The van der Waals surface area contributed by atoms with E-state index in [1.165, 1.54) is 7.11 Å². The Morgan fingerprint density at radius 3 is 2.58 bits per heavy atom. The molecular formula is C23H24ClN3O4. The summed E-state index contributed by atoms with van der Waals surface area (Å²) < 4.78 is 5.35. The van der Waals surface area contributed by atoms with E-state index in [9.17, 15) is 14.4 Å². The first-order valence-corrected chi connectivity index (χ1v) is 10.6. The summed E-state index contributed by atoms with van der Waals surface area (Å²) in [7, 11) is 1.53. The summed E-state index contributed by atoms with van der Waals surface area (Å²) in [6.07, 6.45) is 1.54. The third-order valence-electron chi connectivity index (χ3n) is 5.76. The number of benzene rings is 2. The molecule has 0 aromatic heterocycles. The van der Waals surface area contributed by atoms with E-state index in [1.807, 2.05) is 19.1 Å². The van der Waals surface area contributed by atoms with Crippen LogP contribution in [0.15, 0.2) is 36.4 Å². The van der Waals surface area contributed by atoms with Crippen molar-refractivity contribution in [3.8, 4) is 5.75 Å². The molecule has 162 valence electrons. The summed E-state index contributed by atoms with van der Waals surface area (Å²) in [6, 6.07) is 10.6. The Labute approximate surface area is 185 Å². The molecule has 0 unspecified atom stereocenters. The molecule has 4 rings (SSSR count). The molecule has 2 fully saturated rings. The molecule has 0 saturated carbocycles. The van der Waals surface area contributed by atoms with E-state index in [2.05, 4.69) is 5.32 Å². The Bertz CT molecular complexity index is 1060. The molecule has 2 heterocycles. The van der Waals surface area contributed by atoms with Gasteiger partial charge < -0.3 is 19.9 Å². The number of hydrogen-bond acceptors (Lipinski definition) is 4. The van der Waals surface area contributed by atoms with Crippen LogP contribution >= 0.6 is 11.6 Å². The molecule has 1 atom stereocenters. The fraction of sp³-hybridized carbons (Fsp3) is 0.348. The van der Waals surface area contributed by atoms with Crippen LogP contribution < -0.4 is 19.9 Å². The summed E-state index contributed by atoms with van der Waals surface area (Å²) in [4.78, 5) is 40.8. The van der Waals surface area contributed by atoms with Crippen molar-refractivity contribution in [2.75, 3.05) is 35.3 Å². The van der Waals surface area contributed by atoms with Gasteiger partial charge in [-0.05, 0) is 55.3 Å². The maximum Gasteiger partial charge on any atom is 0.229 e. The Morgan fingerprint density at radius 2 is 1.90 bits per heavy atom. The van der Waals surface area contributed by atoms with Crippen LogP contribution in [0, 0.1) is 12.8 Å². The summed E-state index contributed by atoms with van der Waals surface area (Å²) in [5, 5.41) is 3.40. The second-order valence-corrected chi connectivity index (χ2v) is 8.30. The van der Waals surface area contributed by atoms with Crippen molar-refractivity contribution in [2.24, 2.45) is 5.92 Å². The summed E-state index contributed by atoms with van der Waals surface area (Å²) in [5.74, 6) is -0.209. The van der Waals surface area contributed by atoms with Gasteiger partial charge in [-0.3, -0.25) is 14.4 Å². The molecule has 1 N–H and O–H groups in total. The van der Waals surface area contributed by atoms with Gasteiger partial charge in [-0.2, -0.15) is 0 Å². The predicted molar refractivity (Wildman–Crippen MR) is 120 cm³/mol. The first-order chi connectivity index (χ1) is 14.9. The van der Waals surface area contributed by atoms with Crippen molar-refractivity contribution in [1.29, 1.82) is 0 Å². The van der Waals surface area contributed by atoms with Gasteiger partial charge >= 0.3 is 0 Å². The minimum Gasteiger partial charge on any atom is -0.495 e. The van der Waals surface area contributed by atoms with Crippen LogP contribution in [0.1, 0.15) is 24.8 Å². The zero-order chi connectivity index (χ0) is 22.1. The zero-order valence-electron chi connectivity index (χ0n) is 17.5. The number of halogens is 1. The molecule has 0 spiro atoms. The minimum atomic E-state index is -0.490. The second kappa shape index (κ2) is 8.59. The lowest BCUT2D eigenvalue weighted by Gasteiger charge is -2.20. The molecular weight excluding hydrogens is 418 g/mol. The van der Waals surface area contributed by atoms with E-state index in [0.717, 1.165) is 24.2 Å². The average molecular weight is 442 g/mol. The number of ether oxygens (including phenoxy) is 1. The van der Waals surface area contributed by atoms with Gasteiger partial charge in [-0.25, -0.2) is 0 Å². The van der Waals surface area contributed by atoms with Crippen LogP contribution in [0.25, 0.3) is 0 Å². The van der Waals surface area contributed by atoms with Crippen molar-refractivity contribution >= 4 is 46.4 Å². The Hall–Kier alpha value is -3.06. The highest BCUT2D eigenvalue weighted by atomic mass is 35.5. The highest BCUT2D eigenvalue weighted by molar-refractivity contribution is 6.31. The highest BCUT2D eigenvalue weighted by Gasteiger charge is 2.36. The number of carbonyl (C=O) groups is 3. The molecule has 7 nitrogen and oxygen atoms in total. The number of nitrogens with one attached hydrogen (secondary N) is 1. The topological polar surface area (TPSA) is 79.0 Å². The van der Waals surface area contributed by atoms with Gasteiger partial charge in [-0.1, -0.05) is 11.6 Å². The smallest absolute Gasteiger partial charge is 0.229 e. The fourth-order valence-electron chi connectivity index (χ4n) is 4.17. The largest absolute Gasteiger partial charge is 0.495 e. The number of aryl methyl sites for hydroxylation is 1. The lowest BCUT2D eigenvalue weighted by atomic mass is 10.1. The van der Waals surface area contributed by atoms with Gasteiger partial charge in [0, 0.05) is 42.3 Å². The van der Waals surface area contributed by atoms with Crippen molar-refractivity contribution in [2.45, 2.75) is 26.2 Å². The number of carbonyl (C=O) groups excluding carboxylic acids is 3. The van der Waals surface area contributed by atoms with Crippen molar-refractivity contribution in [3.05, 3.63) is 47.0 Å². The van der Waals surface area contributed by atoms with Gasteiger partial charge in [0.25, 0.3) is 0 Å². The number of hydrogen-bond donors (Lipinski definition) is 1. The average Bonchev–Trinajstić information content (AvgIpc) is 3.33. The van der Waals surface area contributed by atoms with Crippen molar-refractivity contribution in [1.82, 2.24) is 0 Å². The standard InChI is InChI=1S/C23H24ClN3O4/c1-14-10-17(6-7-18(14)26-9-3-4-21(26)28)25-23(30)15-11-22(29)27(13-15)19-12-16(24)5-8-20(19)31-2/h5-8,10,12,15H,3-4,9,11,13H2,1-2H3,(H,25,30)/t15-/m1/s1. The number of rotatable bonds is 5. The molecule has 0 aliphatic carbocycles. The normalized spacial score (nSPS) is 18.6. The Balaban J connectivity index is 1.46. The van der Waals surface area contributed by atoms with Gasteiger partial charge in [0.1, 0.15) is 5.75 Å². The maximum absolute atomic E-state index is 12.9. The fourth-order valence-corrected chi connectivity index (χ4v) is 4.34. The van der Waals surface area contributed by atoms with Crippen LogP contribution in [-0.2, 0) is 14.4 Å². The van der Waals surface area contributed by atoms with Crippen LogP contribution in [0.3, 0.4) is 0 Å². The number of anilines is 3. The minimum absolute atomic E-state index is 0.112.